The largest absolute Gasteiger partial charge is 0.465 e. The van der Waals surface area contributed by atoms with Crippen LogP contribution in [0, 0.1) is 0 Å². The molecule has 1 fully saturated rings. The van der Waals surface area contributed by atoms with E-state index in [1.165, 1.54) is 7.11 Å². The molecule has 3 heterocycles. The number of H-pyrrole nitrogens is 1. The fraction of sp³-hybridized carbons (Fsp3) is 0.222. The van der Waals surface area contributed by atoms with E-state index >= 15 is 0 Å². The standard InChI is InChI=1S/C27H25N7O3/c1-36-26(35)22-7-4-8-23-24(22)34(27(28-23)33-13-15-37-16-14-33)17-18-9-11-19(12-10-18)20-5-2-3-6-21(20)25-29-31-32-30-25/h2-12H,13-17H2,1H3,(H,29,30,31,32). The van der Waals surface area contributed by atoms with Crippen LogP contribution in [0.3, 0.4) is 0 Å². The van der Waals surface area contributed by atoms with Gasteiger partial charge >= 0.3 is 5.97 Å². The van der Waals surface area contributed by atoms with Gasteiger partial charge in [-0.2, -0.15) is 5.21 Å². The van der Waals surface area contributed by atoms with Gasteiger partial charge in [0.1, 0.15) is 0 Å². The van der Waals surface area contributed by atoms with Crippen molar-refractivity contribution in [2.75, 3.05) is 38.3 Å². The molecule has 1 aliphatic rings. The summed E-state index contributed by atoms with van der Waals surface area (Å²) < 4.78 is 12.7. The van der Waals surface area contributed by atoms with Crippen LogP contribution >= 0.6 is 0 Å². The summed E-state index contributed by atoms with van der Waals surface area (Å²) in [6.45, 7) is 3.30. The third-order valence-electron chi connectivity index (χ3n) is 6.56. The van der Waals surface area contributed by atoms with E-state index < -0.39 is 0 Å². The second-order valence-corrected chi connectivity index (χ2v) is 8.74. The average Bonchev–Trinajstić information content (AvgIpc) is 3.62. The van der Waals surface area contributed by atoms with Gasteiger partial charge in [-0.15, -0.1) is 10.2 Å². The van der Waals surface area contributed by atoms with Crippen molar-refractivity contribution in [3.05, 3.63) is 77.9 Å². The van der Waals surface area contributed by atoms with Gasteiger partial charge in [-0.3, -0.25) is 0 Å². The Bertz CT molecular complexity index is 1540. The summed E-state index contributed by atoms with van der Waals surface area (Å²) in [4.78, 5) is 19.8. The summed E-state index contributed by atoms with van der Waals surface area (Å²) in [5, 5.41) is 14.5. The number of hydrogen-bond acceptors (Lipinski definition) is 8. The maximum absolute atomic E-state index is 12.6. The third kappa shape index (κ3) is 4.31. The van der Waals surface area contributed by atoms with Crippen LogP contribution in [-0.4, -0.2) is 69.6 Å². The number of carbonyl (C=O) groups is 1. The molecule has 0 amide bonds. The Morgan fingerprint density at radius 2 is 1.78 bits per heavy atom. The van der Waals surface area contributed by atoms with Gasteiger partial charge in [0.05, 0.1) is 43.5 Å². The van der Waals surface area contributed by atoms with Crippen LogP contribution in [0.4, 0.5) is 5.95 Å². The Labute approximate surface area is 212 Å². The minimum Gasteiger partial charge on any atom is -0.465 e. The van der Waals surface area contributed by atoms with Gasteiger partial charge in [-0.25, -0.2) is 9.78 Å². The number of tetrazole rings is 1. The summed E-state index contributed by atoms with van der Waals surface area (Å²) in [6, 6.07) is 21.9. The van der Waals surface area contributed by atoms with Gasteiger partial charge in [0.25, 0.3) is 0 Å². The molecule has 10 heteroatoms. The molecule has 10 nitrogen and oxygen atoms in total. The van der Waals surface area contributed by atoms with Crippen LogP contribution in [-0.2, 0) is 16.0 Å². The number of rotatable bonds is 6. The number of nitrogens with one attached hydrogen (secondary N) is 1. The maximum atomic E-state index is 12.6. The van der Waals surface area contributed by atoms with E-state index in [1.54, 1.807) is 6.07 Å². The number of carbonyl (C=O) groups excluding carboxylic acids is 1. The summed E-state index contributed by atoms with van der Waals surface area (Å²) >= 11 is 0. The zero-order valence-electron chi connectivity index (χ0n) is 20.3. The van der Waals surface area contributed by atoms with E-state index in [-0.39, 0.29) is 5.97 Å². The molecule has 3 aromatic carbocycles. The molecule has 1 N–H and O–H groups in total. The number of fused-ring (bicyclic) bond motifs is 1. The Kier molecular flexibility index (Phi) is 6.07. The minimum absolute atomic E-state index is 0.381. The number of para-hydroxylation sites is 1. The Morgan fingerprint density at radius 1 is 1.00 bits per heavy atom. The number of hydrogen-bond donors (Lipinski definition) is 1. The van der Waals surface area contributed by atoms with E-state index in [9.17, 15) is 4.79 Å². The lowest BCUT2D eigenvalue weighted by molar-refractivity contribution is 0.0602. The number of morpholine rings is 1. The van der Waals surface area contributed by atoms with Gasteiger partial charge in [0.2, 0.25) is 11.8 Å². The first-order valence-corrected chi connectivity index (χ1v) is 12.1. The molecule has 5 aromatic rings. The Morgan fingerprint density at radius 3 is 2.51 bits per heavy atom. The molecule has 2 aromatic heterocycles. The first-order chi connectivity index (χ1) is 18.2. The Hall–Kier alpha value is -4.57. The molecular formula is C27H25N7O3. The smallest absolute Gasteiger partial charge is 0.340 e. The van der Waals surface area contributed by atoms with Crippen LogP contribution in [0.25, 0.3) is 33.5 Å². The second kappa shape index (κ2) is 9.82. The highest BCUT2D eigenvalue weighted by molar-refractivity contribution is 6.03. The van der Waals surface area contributed by atoms with Crippen molar-refractivity contribution >= 4 is 23.0 Å². The molecule has 0 bridgehead atoms. The monoisotopic (exact) mass is 495 g/mol. The van der Waals surface area contributed by atoms with Gasteiger partial charge in [0.15, 0.2) is 0 Å². The first kappa shape index (κ1) is 22.9. The second-order valence-electron chi connectivity index (χ2n) is 8.74. The molecule has 37 heavy (non-hydrogen) atoms. The highest BCUT2D eigenvalue weighted by Gasteiger charge is 2.23. The van der Waals surface area contributed by atoms with Crippen LogP contribution < -0.4 is 4.90 Å². The summed E-state index contributed by atoms with van der Waals surface area (Å²) in [5.41, 5.74) is 6.07. The molecular weight excluding hydrogens is 470 g/mol. The first-order valence-electron chi connectivity index (χ1n) is 12.1. The number of anilines is 1. The number of esters is 1. The predicted molar refractivity (Wildman–Crippen MR) is 138 cm³/mol. The van der Waals surface area contributed by atoms with Crippen molar-refractivity contribution < 1.29 is 14.3 Å². The van der Waals surface area contributed by atoms with Gasteiger partial charge < -0.3 is 18.9 Å². The van der Waals surface area contributed by atoms with E-state index in [4.69, 9.17) is 14.5 Å². The highest BCUT2D eigenvalue weighted by Crippen LogP contribution is 2.31. The van der Waals surface area contributed by atoms with Crippen LogP contribution in [0.15, 0.2) is 66.7 Å². The molecule has 1 saturated heterocycles. The molecule has 1 aliphatic heterocycles. The minimum atomic E-state index is -0.381. The zero-order valence-corrected chi connectivity index (χ0v) is 20.3. The molecule has 0 unspecified atom stereocenters. The number of imidazole rings is 1. The molecule has 186 valence electrons. The number of methoxy groups -OCH3 is 1. The number of aromatic amines is 1. The van der Waals surface area contributed by atoms with Crippen molar-refractivity contribution in [3.8, 4) is 22.5 Å². The lowest BCUT2D eigenvalue weighted by Gasteiger charge is -2.28. The predicted octanol–water partition coefficient (Wildman–Crippen LogP) is 3.55. The third-order valence-corrected chi connectivity index (χ3v) is 6.56. The van der Waals surface area contributed by atoms with Gasteiger partial charge in [-0.05, 0) is 34.0 Å². The fourth-order valence-corrected chi connectivity index (χ4v) is 4.78. The van der Waals surface area contributed by atoms with Gasteiger partial charge in [-0.1, -0.05) is 54.6 Å². The Balaban J connectivity index is 1.39. The molecule has 0 spiro atoms. The molecule has 0 saturated carbocycles. The molecule has 6 rings (SSSR count). The number of benzene rings is 3. The van der Waals surface area contributed by atoms with Crippen molar-refractivity contribution in [2.24, 2.45) is 0 Å². The summed E-state index contributed by atoms with van der Waals surface area (Å²) in [6.07, 6.45) is 0. The van der Waals surface area contributed by atoms with Crippen molar-refractivity contribution in [2.45, 2.75) is 6.54 Å². The van der Waals surface area contributed by atoms with Crippen molar-refractivity contribution in [1.29, 1.82) is 0 Å². The highest BCUT2D eigenvalue weighted by atomic mass is 16.5. The number of aromatic nitrogens is 6. The van der Waals surface area contributed by atoms with Crippen LogP contribution in [0.2, 0.25) is 0 Å². The number of ether oxygens (including phenoxy) is 2. The molecule has 0 aliphatic carbocycles. The normalized spacial score (nSPS) is 13.7. The lowest BCUT2D eigenvalue weighted by atomic mass is 9.98. The molecule has 0 radical (unpaired) electrons. The fourth-order valence-electron chi connectivity index (χ4n) is 4.78. The van der Waals surface area contributed by atoms with Crippen molar-refractivity contribution in [1.82, 2.24) is 30.2 Å². The van der Waals surface area contributed by atoms with E-state index in [0.29, 0.717) is 31.1 Å². The molecule has 0 atom stereocenters. The SMILES string of the molecule is COC(=O)c1cccc2nc(N3CCOCC3)n(Cc3ccc(-c4ccccc4-c4nn[nH]n4)cc3)c12. The van der Waals surface area contributed by atoms with Gasteiger partial charge in [0, 0.05) is 18.7 Å². The quantitative estimate of drug-likeness (QED) is 0.356. The van der Waals surface area contributed by atoms with E-state index in [1.807, 2.05) is 36.4 Å². The van der Waals surface area contributed by atoms with Crippen molar-refractivity contribution in [3.63, 3.8) is 0 Å². The van der Waals surface area contributed by atoms with Crippen LogP contribution in [0.1, 0.15) is 15.9 Å². The average molecular weight is 496 g/mol. The number of nitrogens with zero attached hydrogens (tertiary/aromatic N) is 6. The summed E-state index contributed by atoms with van der Waals surface area (Å²) in [7, 11) is 1.40. The van der Waals surface area contributed by atoms with Crippen LogP contribution in [0.5, 0.6) is 0 Å². The maximum Gasteiger partial charge on any atom is 0.340 e. The lowest BCUT2D eigenvalue weighted by Crippen LogP contribution is -2.38. The summed E-state index contributed by atoms with van der Waals surface area (Å²) in [5.74, 6) is 0.991. The topological polar surface area (TPSA) is 111 Å². The zero-order chi connectivity index (χ0) is 25.2. The van der Waals surface area contributed by atoms with E-state index in [0.717, 1.165) is 52.3 Å². The van der Waals surface area contributed by atoms with E-state index in [2.05, 4.69) is 54.4 Å².